The van der Waals surface area contributed by atoms with Crippen LogP contribution in [-0.4, -0.2) is 10.1 Å². The summed E-state index contributed by atoms with van der Waals surface area (Å²) >= 11 is 1.65. The van der Waals surface area contributed by atoms with Crippen LogP contribution >= 0.6 is 19.9 Å². The lowest BCUT2D eigenvalue weighted by Crippen LogP contribution is -2.21. The summed E-state index contributed by atoms with van der Waals surface area (Å²) in [4.78, 5) is 5.79. The summed E-state index contributed by atoms with van der Waals surface area (Å²) in [6, 6.07) is 30.6. The molecule has 2 nitrogen and oxygen atoms in total. The van der Waals surface area contributed by atoms with Gasteiger partial charge in [0.15, 0.2) is 0 Å². The Hall–Kier alpha value is -3.65. The van der Waals surface area contributed by atoms with Crippen LogP contribution in [0.2, 0.25) is 0 Å². The summed E-state index contributed by atoms with van der Waals surface area (Å²) < 4.78 is 2.13. The highest BCUT2D eigenvalue weighted by atomic mass is 32.2. The highest BCUT2D eigenvalue weighted by Gasteiger charge is 2.20. The topological polar surface area (TPSA) is 15.6 Å². The molecule has 36 heavy (non-hydrogen) atoms. The lowest BCUT2D eigenvalue weighted by Gasteiger charge is -2.23. The molecule has 176 valence electrons. The molecule has 0 atom stereocenters. The zero-order valence-electron chi connectivity index (χ0n) is 20.2. The molecular formula is C32H27N2PS. The van der Waals surface area contributed by atoms with Gasteiger partial charge < -0.3 is 0 Å². The van der Waals surface area contributed by atoms with Gasteiger partial charge in [-0.25, -0.2) is 4.99 Å². The third-order valence-corrected chi connectivity index (χ3v) is 9.07. The van der Waals surface area contributed by atoms with E-state index in [0.29, 0.717) is 0 Å². The standard InChI is InChI=1S/C32H27N2PS/c1-3-4-7-19-31-22-25(2)33-32-21-20-27(24-34(32)36-31)26-13-12-18-30(23-26)35(28-14-8-5-9-15-28)29-16-10-6-11-17-29/h3-24H,2H2,1H3/b4-3-,19-7-. The molecule has 0 bridgehead atoms. The van der Waals surface area contributed by atoms with Crippen molar-refractivity contribution >= 4 is 47.2 Å². The third kappa shape index (κ3) is 5.60. The van der Waals surface area contributed by atoms with Crippen molar-refractivity contribution in [2.24, 2.45) is 4.99 Å². The van der Waals surface area contributed by atoms with Crippen LogP contribution in [0.4, 0.5) is 0 Å². The number of allylic oxidation sites excluding steroid dienone is 7. The van der Waals surface area contributed by atoms with Gasteiger partial charge in [-0.3, -0.25) is 4.31 Å². The highest BCUT2D eigenvalue weighted by molar-refractivity contribution is 8.01. The number of benzene rings is 3. The van der Waals surface area contributed by atoms with Gasteiger partial charge in [0.05, 0.1) is 5.70 Å². The summed E-state index contributed by atoms with van der Waals surface area (Å²) in [5, 5.41) is 4.03. The monoisotopic (exact) mass is 502 g/mol. The molecule has 0 unspecified atom stereocenters. The Labute approximate surface area is 219 Å². The minimum Gasteiger partial charge on any atom is -0.271 e. The second-order valence-electron chi connectivity index (χ2n) is 8.28. The van der Waals surface area contributed by atoms with E-state index in [-0.39, 0.29) is 0 Å². The molecule has 2 aliphatic rings. The summed E-state index contributed by atoms with van der Waals surface area (Å²) in [7, 11) is -0.655. The first-order valence-corrected chi connectivity index (χ1v) is 14.0. The largest absolute Gasteiger partial charge is 0.271 e. The number of aliphatic imine (C=N–C) groups is 1. The maximum atomic E-state index is 4.70. The smallest absolute Gasteiger partial charge is 0.143 e. The van der Waals surface area contributed by atoms with Crippen LogP contribution in [0.5, 0.6) is 0 Å². The summed E-state index contributed by atoms with van der Waals surface area (Å²) in [6.45, 7) is 6.11. The van der Waals surface area contributed by atoms with Crippen LogP contribution in [0.25, 0.3) is 5.57 Å². The maximum absolute atomic E-state index is 4.70. The zero-order valence-corrected chi connectivity index (χ0v) is 21.9. The molecule has 3 aromatic rings. The second-order valence-corrected chi connectivity index (χ2v) is 11.6. The molecule has 2 aliphatic heterocycles. The molecule has 0 aliphatic carbocycles. The Morgan fingerprint density at radius 3 is 2.22 bits per heavy atom. The maximum Gasteiger partial charge on any atom is 0.143 e. The van der Waals surface area contributed by atoms with Gasteiger partial charge in [-0.2, -0.15) is 0 Å². The predicted molar refractivity (Wildman–Crippen MR) is 160 cm³/mol. The first kappa shape index (κ1) is 24.1. The number of hydrogen-bond acceptors (Lipinski definition) is 3. The number of hydrogen-bond donors (Lipinski definition) is 0. The molecule has 0 saturated heterocycles. The molecule has 0 radical (unpaired) electrons. The molecule has 5 rings (SSSR count). The first-order chi connectivity index (χ1) is 17.7. The molecular weight excluding hydrogens is 475 g/mol. The van der Waals surface area contributed by atoms with E-state index in [9.17, 15) is 0 Å². The van der Waals surface area contributed by atoms with E-state index in [1.807, 2.05) is 31.2 Å². The Kier molecular flexibility index (Phi) is 7.61. The van der Waals surface area contributed by atoms with Crippen LogP contribution < -0.4 is 15.9 Å². The normalized spacial score (nSPS) is 15.7. The average molecular weight is 503 g/mol. The summed E-state index contributed by atoms with van der Waals surface area (Å²) in [5.74, 6) is 0.881. The van der Waals surface area contributed by atoms with Gasteiger partial charge >= 0.3 is 0 Å². The Morgan fingerprint density at radius 1 is 0.833 bits per heavy atom. The van der Waals surface area contributed by atoms with E-state index in [2.05, 4.69) is 120 Å². The molecule has 4 heteroatoms. The van der Waals surface area contributed by atoms with Crippen molar-refractivity contribution in [3.8, 4) is 0 Å². The van der Waals surface area contributed by atoms with Crippen molar-refractivity contribution in [1.82, 2.24) is 4.31 Å². The van der Waals surface area contributed by atoms with E-state index in [1.165, 1.54) is 21.5 Å². The van der Waals surface area contributed by atoms with Gasteiger partial charge in [0.25, 0.3) is 0 Å². The van der Waals surface area contributed by atoms with Gasteiger partial charge in [-0.05, 0) is 84.2 Å². The zero-order chi connectivity index (χ0) is 24.7. The summed E-state index contributed by atoms with van der Waals surface area (Å²) in [6.07, 6.45) is 16.6. The van der Waals surface area contributed by atoms with E-state index in [1.54, 1.807) is 11.9 Å². The van der Waals surface area contributed by atoms with E-state index in [0.717, 1.165) is 22.0 Å². The molecule has 0 spiro atoms. The highest BCUT2D eigenvalue weighted by Crippen LogP contribution is 2.36. The number of nitrogens with zero attached hydrogens (tertiary/aromatic N) is 2. The average Bonchev–Trinajstić information content (AvgIpc) is 3.07. The van der Waals surface area contributed by atoms with Gasteiger partial charge in [-0.1, -0.05) is 104 Å². The van der Waals surface area contributed by atoms with Crippen molar-refractivity contribution < 1.29 is 0 Å². The number of rotatable bonds is 6. The number of amidine groups is 1. The molecule has 0 aromatic heterocycles. The van der Waals surface area contributed by atoms with Gasteiger partial charge in [0.1, 0.15) is 5.84 Å². The minimum absolute atomic E-state index is 0.655. The van der Waals surface area contributed by atoms with Crippen LogP contribution in [0.3, 0.4) is 0 Å². The Morgan fingerprint density at radius 2 is 1.53 bits per heavy atom. The van der Waals surface area contributed by atoms with Crippen LogP contribution in [0, 0.1) is 0 Å². The van der Waals surface area contributed by atoms with Crippen LogP contribution in [-0.2, 0) is 0 Å². The first-order valence-electron chi connectivity index (χ1n) is 11.9. The fourth-order valence-electron chi connectivity index (χ4n) is 4.05. The van der Waals surface area contributed by atoms with Crippen molar-refractivity contribution in [1.29, 1.82) is 0 Å². The van der Waals surface area contributed by atoms with Gasteiger partial charge in [-0.15, -0.1) is 0 Å². The Bertz CT molecular complexity index is 1390. The number of fused-ring (bicyclic) bond motifs is 1. The minimum atomic E-state index is -0.655. The van der Waals surface area contributed by atoms with Gasteiger partial charge in [0.2, 0.25) is 0 Å². The molecule has 0 fully saturated rings. The predicted octanol–water partition coefficient (Wildman–Crippen LogP) is 7.25. The molecule has 0 N–H and O–H groups in total. The quantitative estimate of drug-likeness (QED) is 0.200. The summed E-state index contributed by atoms with van der Waals surface area (Å²) in [5.41, 5.74) is 3.10. The SMILES string of the molecule is C=C1C=C(/C=C\C=C/C)SN2C=C(c3cccc(P(c4ccccc4)c4ccccc4)c3)C=CC2=N1. The fourth-order valence-corrected chi connectivity index (χ4v) is 7.31. The second kappa shape index (κ2) is 11.4. The van der Waals surface area contributed by atoms with E-state index in [4.69, 9.17) is 4.99 Å². The molecule has 0 saturated carbocycles. The van der Waals surface area contributed by atoms with E-state index < -0.39 is 7.92 Å². The lowest BCUT2D eigenvalue weighted by atomic mass is 10.1. The van der Waals surface area contributed by atoms with Crippen LogP contribution in [0.1, 0.15) is 12.5 Å². The molecule has 3 aromatic carbocycles. The fraction of sp³-hybridized carbons (Fsp3) is 0.0312. The molecule has 2 heterocycles. The van der Waals surface area contributed by atoms with Crippen molar-refractivity contribution in [2.45, 2.75) is 6.92 Å². The van der Waals surface area contributed by atoms with Crippen LogP contribution in [0.15, 0.2) is 156 Å². The lowest BCUT2D eigenvalue weighted by molar-refractivity contribution is 0.934. The van der Waals surface area contributed by atoms with Crippen molar-refractivity contribution in [3.05, 3.63) is 156 Å². The third-order valence-electron chi connectivity index (χ3n) is 5.70. The van der Waals surface area contributed by atoms with Gasteiger partial charge in [0, 0.05) is 11.1 Å². The molecule has 0 amide bonds. The van der Waals surface area contributed by atoms with E-state index >= 15 is 0 Å². The van der Waals surface area contributed by atoms with Crippen molar-refractivity contribution in [3.63, 3.8) is 0 Å². The Balaban J connectivity index is 1.50. The van der Waals surface area contributed by atoms with Crippen molar-refractivity contribution in [2.75, 3.05) is 0 Å².